The molecular formula is C18H22N4O4. The number of amides is 4. The lowest BCUT2D eigenvalue weighted by molar-refractivity contribution is -0.136. The van der Waals surface area contributed by atoms with Crippen LogP contribution in [-0.2, 0) is 16.1 Å². The van der Waals surface area contributed by atoms with Crippen LogP contribution in [0, 0.1) is 0 Å². The second-order valence-electron chi connectivity index (χ2n) is 6.77. The normalized spacial score (nSPS) is 21.0. The van der Waals surface area contributed by atoms with Crippen LogP contribution in [0.25, 0.3) is 0 Å². The zero-order valence-electron chi connectivity index (χ0n) is 14.6. The fraction of sp³-hybridized carbons (Fsp3) is 0.444. The van der Waals surface area contributed by atoms with E-state index in [1.165, 1.54) is 0 Å². The summed E-state index contributed by atoms with van der Waals surface area (Å²) < 4.78 is 0. The number of nitrogens with two attached hydrogens (primary N) is 1. The molecule has 3 rings (SSSR count). The highest BCUT2D eigenvalue weighted by Crippen LogP contribution is 2.28. The number of carbonyl (C=O) groups excluding carboxylic acids is 4. The van der Waals surface area contributed by atoms with Crippen LogP contribution >= 0.6 is 0 Å². The molecule has 1 saturated heterocycles. The summed E-state index contributed by atoms with van der Waals surface area (Å²) in [6.07, 6.45) is 1.10. The topological polar surface area (TPSA) is 122 Å². The van der Waals surface area contributed by atoms with Gasteiger partial charge in [0.1, 0.15) is 6.04 Å². The lowest BCUT2D eigenvalue weighted by Gasteiger charge is -2.27. The summed E-state index contributed by atoms with van der Waals surface area (Å²) >= 11 is 0. The first-order valence-electron chi connectivity index (χ1n) is 8.69. The van der Waals surface area contributed by atoms with Crippen molar-refractivity contribution in [3.63, 3.8) is 0 Å². The Bertz CT molecular complexity index is 774. The molecule has 8 heteroatoms. The van der Waals surface area contributed by atoms with E-state index in [0.717, 1.165) is 23.4 Å². The third kappa shape index (κ3) is 3.51. The molecule has 138 valence electrons. The van der Waals surface area contributed by atoms with Gasteiger partial charge < -0.3 is 11.1 Å². The molecule has 0 saturated carbocycles. The maximum absolute atomic E-state index is 12.7. The summed E-state index contributed by atoms with van der Waals surface area (Å²) in [6, 6.07) is 4.26. The average Bonchev–Trinajstić information content (AvgIpc) is 2.83. The highest BCUT2D eigenvalue weighted by molar-refractivity contribution is 6.23. The molecule has 0 radical (unpaired) electrons. The summed E-state index contributed by atoms with van der Waals surface area (Å²) in [5, 5.41) is 5.43. The van der Waals surface area contributed by atoms with Gasteiger partial charge in [-0.3, -0.25) is 29.4 Å². The van der Waals surface area contributed by atoms with Crippen LogP contribution in [-0.4, -0.2) is 47.2 Å². The molecule has 1 aromatic carbocycles. The van der Waals surface area contributed by atoms with E-state index in [-0.39, 0.29) is 24.8 Å². The van der Waals surface area contributed by atoms with Gasteiger partial charge in [-0.2, -0.15) is 0 Å². The Labute approximate surface area is 151 Å². The van der Waals surface area contributed by atoms with E-state index in [1.54, 1.807) is 18.2 Å². The Morgan fingerprint density at radius 2 is 1.96 bits per heavy atom. The second-order valence-corrected chi connectivity index (χ2v) is 6.77. The molecule has 0 bridgehead atoms. The van der Waals surface area contributed by atoms with Crippen LogP contribution in [0.4, 0.5) is 0 Å². The van der Waals surface area contributed by atoms with Gasteiger partial charge in [0.05, 0.1) is 11.1 Å². The highest BCUT2D eigenvalue weighted by Gasteiger charge is 2.44. The van der Waals surface area contributed by atoms with Crippen molar-refractivity contribution in [3.05, 3.63) is 34.9 Å². The van der Waals surface area contributed by atoms with Gasteiger partial charge in [-0.1, -0.05) is 6.07 Å². The molecule has 26 heavy (non-hydrogen) atoms. The van der Waals surface area contributed by atoms with Crippen LogP contribution in [0.1, 0.15) is 52.5 Å². The third-order valence-electron chi connectivity index (χ3n) is 4.61. The Balaban J connectivity index is 1.73. The van der Waals surface area contributed by atoms with Gasteiger partial charge in [0.15, 0.2) is 0 Å². The van der Waals surface area contributed by atoms with Gasteiger partial charge in [0.25, 0.3) is 11.8 Å². The van der Waals surface area contributed by atoms with Crippen LogP contribution in [0.2, 0.25) is 0 Å². The minimum Gasteiger partial charge on any atom is -0.328 e. The van der Waals surface area contributed by atoms with Gasteiger partial charge in [0.2, 0.25) is 11.8 Å². The van der Waals surface area contributed by atoms with E-state index in [0.29, 0.717) is 17.7 Å². The van der Waals surface area contributed by atoms with Crippen molar-refractivity contribution in [1.82, 2.24) is 15.5 Å². The van der Waals surface area contributed by atoms with Crippen LogP contribution in [0.5, 0.6) is 0 Å². The van der Waals surface area contributed by atoms with Crippen molar-refractivity contribution < 1.29 is 19.2 Å². The number of fused-ring (bicyclic) bond motifs is 1. The zero-order valence-corrected chi connectivity index (χ0v) is 14.6. The van der Waals surface area contributed by atoms with Gasteiger partial charge in [-0.05, 0) is 44.0 Å². The van der Waals surface area contributed by atoms with Crippen molar-refractivity contribution in [2.24, 2.45) is 5.73 Å². The van der Waals surface area contributed by atoms with Crippen molar-refractivity contribution >= 4 is 23.6 Å². The van der Waals surface area contributed by atoms with E-state index < -0.39 is 23.8 Å². The summed E-state index contributed by atoms with van der Waals surface area (Å²) in [5.74, 6) is -1.97. The van der Waals surface area contributed by atoms with Crippen molar-refractivity contribution in [1.29, 1.82) is 0 Å². The fourth-order valence-electron chi connectivity index (χ4n) is 3.19. The Kier molecular flexibility index (Phi) is 5.15. The van der Waals surface area contributed by atoms with E-state index in [9.17, 15) is 19.2 Å². The number of hydrogen-bond donors (Lipinski definition) is 3. The van der Waals surface area contributed by atoms with Gasteiger partial charge in [0, 0.05) is 19.0 Å². The summed E-state index contributed by atoms with van der Waals surface area (Å²) in [4.78, 5) is 49.6. The first-order valence-corrected chi connectivity index (χ1v) is 8.69. The number of carbonyl (C=O) groups is 4. The largest absolute Gasteiger partial charge is 0.328 e. The van der Waals surface area contributed by atoms with E-state index in [4.69, 9.17) is 5.73 Å². The number of imide groups is 2. The molecule has 2 aliphatic heterocycles. The minimum atomic E-state index is -0.937. The van der Waals surface area contributed by atoms with Crippen molar-refractivity contribution in [2.75, 3.05) is 6.54 Å². The van der Waals surface area contributed by atoms with Crippen LogP contribution in [0.15, 0.2) is 18.2 Å². The molecule has 0 spiro atoms. The lowest BCUT2D eigenvalue weighted by Crippen LogP contribution is -2.54. The number of piperidine rings is 1. The van der Waals surface area contributed by atoms with Gasteiger partial charge in [-0.25, -0.2) is 0 Å². The van der Waals surface area contributed by atoms with Crippen LogP contribution < -0.4 is 16.4 Å². The predicted octanol–water partition coefficient (Wildman–Crippen LogP) is -0.0853. The van der Waals surface area contributed by atoms with Gasteiger partial charge >= 0.3 is 0 Å². The average molecular weight is 358 g/mol. The maximum atomic E-state index is 12.7. The number of nitrogens with one attached hydrogen (secondary N) is 2. The third-order valence-corrected chi connectivity index (χ3v) is 4.61. The van der Waals surface area contributed by atoms with E-state index in [2.05, 4.69) is 10.6 Å². The Morgan fingerprint density at radius 1 is 1.23 bits per heavy atom. The number of benzene rings is 1. The molecule has 2 atom stereocenters. The second kappa shape index (κ2) is 7.35. The minimum absolute atomic E-state index is 0.110. The molecule has 2 heterocycles. The Morgan fingerprint density at radius 3 is 2.65 bits per heavy atom. The molecule has 8 nitrogen and oxygen atoms in total. The van der Waals surface area contributed by atoms with Crippen molar-refractivity contribution in [2.45, 2.75) is 44.8 Å². The SMILES string of the molecule is C[C@H](N)CCNCc1ccc2c(c1)C(=O)N(C1CCC(=O)NC1=O)C2=O. The van der Waals surface area contributed by atoms with Crippen molar-refractivity contribution in [3.8, 4) is 0 Å². The summed E-state index contributed by atoms with van der Waals surface area (Å²) in [7, 11) is 0. The predicted molar refractivity (Wildman–Crippen MR) is 93.1 cm³/mol. The zero-order chi connectivity index (χ0) is 18.8. The van der Waals surface area contributed by atoms with Crippen LogP contribution in [0.3, 0.4) is 0 Å². The lowest BCUT2D eigenvalue weighted by atomic mass is 10.0. The standard InChI is InChI=1S/C18H22N4O4/c1-10(19)6-7-20-9-11-2-3-12-13(8-11)18(26)22(17(12)25)14-4-5-15(23)21-16(14)24/h2-3,8,10,14,20H,4-7,9,19H2,1H3,(H,21,23,24)/t10-,14?/m0/s1. The molecule has 2 aliphatic rings. The molecular weight excluding hydrogens is 336 g/mol. The molecule has 1 unspecified atom stereocenters. The van der Waals surface area contributed by atoms with E-state index >= 15 is 0 Å². The monoisotopic (exact) mass is 358 g/mol. The number of nitrogens with zero attached hydrogens (tertiary/aromatic N) is 1. The number of rotatable bonds is 6. The van der Waals surface area contributed by atoms with Gasteiger partial charge in [-0.15, -0.1) is 0 Å². The molecule has 0 aliphatic carbocycles. The van der Waals surface area contributed by atoms with E-state index in [1.807, 2.05) is 6.92 Å². The molecule has 4 N–H and O–H groups in total. The molecule has 0 aromatic heterocycles. The summed E-state index contributed by atoms with van der Waals surface area (Å²) in [5.41, 5.74) is 7.17. The maximum Gasteiger partial charge on any atom is 0.262 e. The molecule has 1 aromatic rings. The number of hydrogen-bond acceptors (Lipinski definition) is 6. The first kappa shape index (κ1) is 18.2. The Hall–Kier alpha value is -2.58. The smallest absolute Gasteiger partial charge is 0.262 e. The quantitative estimate of drug-likeness (QED) is 0.483. The fourth-order valence-corrected chi connectivity index (χ4v) is 3.19. The molecule has 4 amide bonds. The molecule has 1 fully saturated rings. The highest BCUT2D eigenvalue weighted by atomic mass is 16.2. The first-order chi connectivity index (χ1) is 12.4. The summed E-state index contributed by atoms with van der Waals surface area (Å²) in [6.45, 7) is 3.24.